The number of nitrogens with zero attached hydrogens (tertiary/aromatic N) is 2. The molecule has 3 atom stereocenters. The van der Waals surface area contributed by atoms with Crippen LogP contribution in [0.5, 0.6) is 0 Å². The maximum atomic E-state index is 13.7. The number of amides is 3. The Morgan fingerprint density at radius 2 is 1.47 bits per heavy atom. The molecule has 1 saturated heterocycles. The first-order valence-electron chi connectivity index (χ1n) is 11.8. The minimum absolute atomic E-state index is 0.199. The lowest BCUT2D eigenvalue weighted by atomic mass is 9.55. The van der Waals surface area contributed by atoms with E-state index in [1.807, 2.05) is 48.5 Å². The molecule has 0 saturated carbocycles. The number of anilines is 1. The summed E-state index contributed by atoms with van der Waals surface area (Å²) in [5.74, 6) is -3.16. The lowest BCUT2D eigenvalue weighted by Crippen LogP contribution is -2.45. The van der Waals surface area contributed by atoms with Crippen LogP contribution in [-0.4, -0.2) is 46.4 Å². The van der Waals surface area contributed by atoms with Gasteiger partial charge in [0.15, 0.2) is 12.4 Å². The normalized spacial score (nSPS) is 24.1. The molecule has 2 heterocycles. The lowest BCUT2D eigenvalue weighted by molar-refractivity contribution is -0.159. The molecule has 1 aliphatic heterocycles. The number of hydrogen-bond donors (Lipinski definition) is 1. The van der Waals surface area contributed by atoms with Gasteiger partial charge in [-0.15, -0.1) is 0 Å². The summed E-state index contributed by atoms with van der Waals surface area (Å²) in [5.41, 5.74) is 4.22. The van der Waals surface area contributed by atoms with Gasteiger partial charge in [-0.1, -0.05) is 53.7 Å². The minimum Gasteiger partial charge on any atom is -0.454 e. The van der Waals surface area contributed by atoms with Gasteiger partial charge < -0.3 is 14.6 Å². The zero-order valence-corrected chi connectivity index (χ0v) is 19.6. The first-order valence-corrected chi connectivity index (χ1v) is 11.8. The van der Waals surface area contributed by atoms with Gasteiger partial charge in [0.2, 0.25) is 11.8 Å². The van der Waals surface area contributed by atoms with Crippen molar-refractivity contribution in [3.05, 3.63) is 82.6 Å². The number of nitrogens with one attached hydrogen (secondary N) is 1. The van der Waals surface area contributed by atoms with E-state index in [0.717, 1.165) is 27.2 Å². The quantitative estimate of drug-likeness (QED) is 0.436. The highest BCUT2D eigenvalue weighted by Gasteiger charge is 2.62. The van der Waals surface area contributed by atoms with E-state index in [1.54, 1.807) is 6.92 Å². The molecule has 0 spiro atoms. The van der Waals surface area contributed by atoms with Crippen LogP contribution in [0.2, 0.25) is 0 Å². The number of esters is 1. The van der Waals surface area contributed by atoms with Crippen LogP contribution in [0.25, 0.3) is 0 Å². The van der Waals surface area contributed by atoms with Gasteiger partial charge >= 0.3 is 5.97 Å². The molecule has 2 bridgehead atoms. The van der Waals surface area contributed by atoms with Gasteiger partial charge in [0, 0.05) is 17.9 Å². The molecule has 3 amide bonds. The van der Waals surface area contributed by atoms with Crippen LogP contribution in [0.4, 0.5) is 5.82 Å². The number of rotatable bonds is 5. The summed E-state index contributed by atoms with van der Waals surface area (Å²) >= 11 is 0. The molecule has 182 valence electrons. The summed E-state index contributed by atoms with van der Waals surface area (Å²) in [6.07, 6.45) is 0. The highest BCUT2D eigenvalue weighted by molar-refractivity contribution is 6.10. The summed E-state index contributed by atoms with van der Waals surface area (Å²) in [4.78, 5) is 53.4. The number of ether oxygens (including phenoxy) is 1. The third-order valence-corrected chi connectivity index (χ3v) is 7.45. The number of benzene rings is 2. The molecule has 36 heavy (non-hydrogen) atoms. The summed E-state index contributed by atoms with van der Waals surface area (Å²) in [7, 11) is 0. The second-order valence-electron chi connectivity index (χ2n) is 9.47. The van der Waals surface area contributed by atoms with Gasteiger partial charge in [-0.05, 0) is 36.1 Å². The van der Waals surface area contributed by atoms with Gasteiger partial charge in [-0.3, -0.25) is 19.3 Å². The molecule has 3 aliphatic carbocycles. The van der Waals surface area contributed by atoms with E-state index in [0.29, 0.717) is 5.76 Å². The fourth-order valence-electron chi connectivity index (χ4n) is 6.05. The Labute approximate surface area is 206 Å². The van der Waals surface area contributed by atoms with Crippen molar-refractivity contribution < 1.29 is 28.4 Å². The second-order valence-corrected chi connectivity index (χ2v) is 9.47. The van der Waals surface area contributed by atoms with E-state index >= 15 is 0 Å². The van der Waals surface area contributed by atoms with E-state index in [4.69, 9.17) is 9.26 Å². The van der Waals surface area contributed by atoms with Gasteiger partial charge in [-0.25, -0.2) is 4.79 Å². The average Bonchev–Trinajstić information content (AvgIpc) is 3.41. The van der Waals surface area contributed by atoms with Crippen molar-refractivity contribution in [3.8, 4) is 0 Å². The van der Waals surface area contributed by atoms with Crippen LogP contribution in [0.3, 0.4) is 0 Å². The predicted octanol–water partition coefficient (Wildman–Crippen LogP) is 2.75. The van der Waals surface area contributed by atoms with Crippen molar-refractivity contribution >= 4 is 29.5 Å². The predicted molar refractivity (Wildman–Crippen MR) is 126 cm³/mol. The number of likely N-dealkylation sites (tertiary alicyclic amines) is 1. The van der Waals surface area contributed by atoms with Crippen LogP contribution in [0.1, 0.15) is 46.8 Å². The van der Waals surface area contributed by atoms with Gasteiger partial charge in [-0.2, -0.15) is 0 Å². The van der Waals surface area contributed by atoms with Gasteiger partial charge in [0.1, 0.15) is 11.8 Å². The Balaban J connectivity index is 1.23. The lowest BCUT2D eigenvalue weighted by Gasteiger charge is -2.45. The number of imide groups is 1. The van der Waals surface area contributed by atoms with Gasteiger partial charge in [0.05, 0.1) is 11.8 Å². The molecule has 3 aromatic rings. The number of carbonyl (C=O) groups is 4. The first kappa shape index (κ1) is 22.2. The molecular weight excluding hydrogens is 462 g/mol. The second kappa shape index (κ2) is 8.15. The number of aryl methyl sites for hydroxylation is 1. The number of aromatic nitrogens is 1. The van der Waals surface area contributed by atoms with Crippen molar-refractivity contribution in [2.24, 2.45) is 11.8 Å². The van der Waals surface area contributed by atoms with Crippen molar-refractivity contribution in [3.63, 3.8) is 0 Å². The van der Waals surface area contributed by atoms with Crippen LogP contribution >= 0.6 is 0 Å². The summed E-state index contributed by atoms with van der Waals surface area (Å²) in [6.45, 7) is 2.55. The van der Waals surface area contributed by atoms with Crippen LogP contribution in [-0.2, 0) is 23.9 Å². The molecule has 1 fully saturated rings. The van der Waals surface area contributed by atoms with E-state index in [1.165, 1.54) is 13.0 Å². The first-order chi connectivity index (χ1) is 17.4. The Hall–Kier alpha value is -4.27. The molecule has 0 unspecified atom stereocenters. The fourth-order valence-corrected chi connectivity index (χ4v) is 6.05. The van der Waals surface area contributed by atoms with Crippen LogP contribution in [0, 0.1) is 18.8 Å². The maximum Gasteiger partial charge on any atom is 0.329 e. The van der Waals surface area contributed by atoms with Crippen molar-refractivity contribution in [2.45, 2.75) is 31.7 Å². The Bertz CT molecular complexity index is 1310. The zero-order chi connectivity index (χ0) is 25.1. The Kier molecular flexibility index (Phi) is 5.03. The van der Waals surface area contributed by atoms with Crippen molar-refractivity contribution in [1.82, 2.24) is 10.1 Å². The van der Waals surface area contributed by atoms with E-state index < -0.39 is 36.4 Å². The monoisotopic (exact) mass is 485 g/mol. The van der Waals surface area contributed by atoms with E-state index in [9.17, 15) is 19.2 Å². The molecule has 1 aromatic heterocycles. The smallest absolute Gasteiger partial charge is 0.329 e. The third-order valence-electron chi connectivity index (χ3n) is 7.45. The van der Waals surface area contributed by atoms with E-state index in [2.05, 4.69) is 10.5 Å². The van der Waals surface area contributed by atoms with Crippen LogP contribution in [0.15, 0.2) is 59.1 Å². The van der Waals surface area contributed by atoms with Gasteiger partial charge in [0.25, 0.3) is 5.91 Å². The topological polar surface area (TPSA) is 119 Å². The summed E-state index contributed by atoms with van der Waals surface area (Å²) in [5, 5.41) is 6.11. The molecule has 2 aromatic carbocycles. The molecule has 0 radical (unpaired) electrons. The highest BCUT2D eigenvalue weighted by atomic mass is 16.5. The molecule has 4 aliphatic rings. The SMILES string of the molecule is Cc1cc(NC(=O)COC(=O)[C@H](C)N2C(=O)[C@@H]3C4c5ccccc5C(c5ccccc54)[C@@H]3C2=O)no1. The molecule has 9 nitrogen and oxygen atoms in total. The standard InChI is InChI=1S/C27H23N3O6/c1-13-11-19(29-36-13)28-20(31)12-35-27(34)14(2)30-25(32)23-21-15-7-3-4-8-16(15)22(24(23)26(30)33)18-10-6-5-9-17(18)21/h3-11,14,21-24H,12H2,1-2H3,(H,28,29,31)/t14-,21?,22?,23-,24+/m0/s1. The largest absolute Gasteiger partial charge is 0.454 e. The zero-order valence-electron chi connectivity index (χ0n) is 19.6. The van der Waals surface area contributed by atoms with E-state index in [-0.39, 0.29) is 29.5 Å². The third kappa shape index (κ3) is 3.19. The number of hydrogen-bond acceptors (Lipinski definition) is 7. The fraction of sp³-hybridized carbons (Fsp3) is 0.296. The molecule has 1 N–H and O–H groups in total. The van der Waals surface area contributed by atoms with Crippen molar-refractivity contribution in [1.29, 1.82) is 0 Å². The molecular formula is C27H23N3O6. The molecule has 9 heteroatoms. The summed E-state index contributed by atoms with van der Waals surface area (Å²) in [6, 6.07) is 16.2. The van der Waals surface area contributed by atoms with Crippen molar-refractivity contribution in [2.75, 3.05) is 11.9 Å². The summed E-state index contributed by atoms with van der Waals surface area (Å²) < 4.78 is 10.0. The number of carbonyl (C=O) groups excluding carboxylic acids is 4. The Morgan fingerprint density at radius 1 is 0.972 bits per heavy atom. The molecule has 7 rings (SSSR count). The maximum absolute atomic E-state index is 13.7. The average molecular weight is 485 g/mol. The van der Waals surface area contributed by atoms with Crippen LogP contribution < -0.4 is 5.32 Å². The Morgan fingerprint density at radius 3 is 1.92 bits per heavy atom. The minimum atomic E-state index is -1.16. The highest BCUT2D eigenvalue weighted by Crippen LogP contribution is 2.61.